The molecule has 0 amide bonds. The Kier molecular flexibility index (Phi) is 3.93. The van der Waals surface area contributed by atoms with Crippen molar-refractivity contribution in [1.82, 2.24) is 14.8 Å². The van der Waals surface area contributed by atoms with Crippen molar-refractivity contribution in [2.45, 2.75) is 12.2 Å². The van der Waals surface area contributed by atoms with E-state index in [0.29, 0.717) is 17.9 Å². The molecular weight excluding hydrogens is 279 g/mol. The topological polar surface area (TPSA) is 36.4 Å². The summed E-state index contributed by atoms with van der Waals surface area (Å²) in [5, 5.41) is -0.970. The third kappa shape index (κ3) is 3.13. The minimum Gasteiger partial charge on any atom is -0.303 e. The molecule has 1 atom stereocenters. The van der Waals surface area contributed by atoms with Crippen LogP contribution < -0.4 is 0 Å². The first-order valence-electron chi connectivity index (χ1n) is 5.75. The van der Waals surface area contributed by atoms with Crippen molar-refractivity contribution < 1.29 is 18.0 Å². The highest BCUT2D eigenvalue weighted by Gasteiger charge is 2.37. The molecule has 0 aromatic carbocycles. The molecule has 1 saturated heterocycles. The third-order valence-corrected chi connectivity index (χ3v) is 4.20. The third-order valence-electron chi connectivity index (χ3n) is 3.14. The lowest BCUT2D eigenvalue weighted by Crippen LogP contribution is -2.53. The standard InChI is InChI=1S/C11H14F3N3OS/c1-16-3-4-17(2)7(6-16)9(18)8-5-15-10(19-8)11(12,13)14/h5,7H,3-4,6H2,1-2H3. The molecule has 1 aliphatic rings. The normalized spacial score (nSPS) is 22.7. The predicted octanol–water partition coefficient (Wildman–Crippen LogP) is 1.59. The number of thiazole rings is 1. The van der Waals surface area contributed by atoms with Crippen LogP contribution in [0.1, 0.15) is 14.7 Å². The fourth-order valence-corrected chi connectivity index (χ4v) is 2.75. The number of aromatic nitrogens is 1. The second-order valence-corrected chi connectivity index (χ2v) is 5.68. The number of hydrogen-bond donors (Lipinski definition) is 0. The molecule has 19 heavy (non-hydrogen) atoms. The van der Waals surface area contributed by atoms with Crippen LogP contribution in [0, 0.1) is 0 Å². The fourth-order valence-electron chi connectivity index (χ4n) is 1.98. The molecule has 1 aromatic rings. The molecule has 1 unspecified atom stereocenters. The van der Waals surface area contributed by atoms with Crippen molar-refractivity contribution in [3.8, 4) is 0 Å². The van der Waals surface area contributed by atoms with Gasteiger partial charge in [0.1, 0.15) is 0 Å². The predicted molar refractivity (Wildman–Crippen MR) is 65.4 cm³/mol. The van der Waals surface area contributed by atoms with E-state index < -0.39 is 17.2 Å². The van der Waals surface area contributed by atoms with Gasteiger partial charge in [0.2, 0.25) is 0 Å². The summed E-state index contributed by atoms with van der Waals surface area (Å²) in [5.41, 5.74) is 0. The van der Waals surface area contributed by atoms with Gasteiger partial charge in [-0.15, -0.1) is 11.3 Å². The summed E-state index contributed by atoms with van der Waals surface area (Å²) in [5.74, 6) is -0.290. The number of ketones is 1. The van der Waals surface area contributed by atoms with Crippen molar-refractivity contribution in [1.29, 1.82) is 0 Å². The van der Waals surface area contributed by atoms with Crippen molar-refractivity contribution in [3.63, 3.8) is 0 Å². The molecule has 4 nitrogen and oxygen atoms in total. The summed E-state index contributed by atoms with van der Waals surface area (Å²) in [6.07, 6.45) is -3.46. The van der Waals surface area contributed by atoms with Gasteiger partial charge in [-0.3, -0.25) is 9.69 Å². The highest BCUT2D eigenvalue weighted by molar-refractivity contribution is 7.13. The Morgan fingerprint density at radius 2 is 2.11 bits per heavy atom. The first-order valence-corrected chi connectivity index (χ1v) is 6.56. The van der Waals surface area contributed by atoms with Crippen LogP contribution in [-0.2, 0) is 6.18 Å². The molecule has 2 rings (SSSR count). The molecule has 2 heterocycles. The maximum atomic E-state index is 12.5. The van der Waals surface area contributed by atoms with Crippen LogP contribution in [0.15, 0.2) is 6.20 Å². The Hall–Kier alpha value is -0.990. The summed E-state index contributed by atoms with van der Waals surface area (Å²) in [6, 6.07) is -0.403. The number of alkyl halides is 3. The van der Waals surface area contributed by atoms with Gasteiger partial charge < -0.3 is 4.90 Å². The van der Waals surface area contributed by atoms with E-state index in [2.05, 4.69) is 4.98 Å². The van der Waals surface area contributed by atoms with Gasteiger partial charge in [0, 0.05) is 25.8 Å². The van der Waals surface area contributed by atoms with Crippen LogP contribution in [0.25, 0.3) is 0 Å². The quantitative estimate of drug-likeness (QED) is 0.776. The number of likely N-dealkylation sites (N-methyl/N-ethyl adjacent to an activating group) is 2. The van der Waals surface area contributed by atoms with Crippen molar-refractivity contribution in [2.24, 2.45) is 0 Å². The van der Waals surface area contributed by atoms with Gasteiger partial charge >= 0.3 is 6.18 Å². The maximum Gasteiger partial charge on any atom is 0.443 e. The van der Waals surface area contributed by atoms with E-state index in [9.17, 15) is 18.0 Å². The smallest absolute Gasteiger partial charge is 0.303 e. The summed E-state index contributed by atoms with van der Waals surface area (Å²) >= 11 is 0.414. The van der Waals surface area contributed by atoms with E-state index in [1.54, 1.807) is 7.05 Å². The highest BCUT2D eigenvalue weighted by atomic mass is 32.1. The van der Waals surface area contributed by atoms with Gasteiger partial charge in [-0.05, 0) is 14.1 Å². The van der Waals surface area contributed by atoms with Crippen LogP contribution >= 0.6 is 11.3 Å². The number of halogens is 3. The van der Waals surface area contributed by atoms with E-state index in [1.807, 2.05) is 16.8 Å². The number of rotatable bonds is 2. The number of Topliss-reactive ketones (excluding diaryl/α,β-unsaturated/α-hetero) is 1. The average Bonchev–Trinajstić information content (AvgIpc) is 2.80. The fraction of sp³-hybridized carbons (Fsp3) is 0.636. The Morgan fingerprint density at radius 1 is 1.42 bits per heavy atom. The molecule has 0 N–H and O–H groups in total. The van der Waals surface area contributed by atoms with Gasteiger partial charge in [-0.2, -0.15) is 13.2 Å². The van der Waals surface area contributed by atoms with E-state index in [4.69, 9.17) is 0 Å². The zero-order valence-electron chi connectivity index (χ0n) is 10.6. The molecule has 0 radical (unpaired) electrons. The van der Waals surface area contributed by atoms with Crippen molar-refractivity contribution in [2.75, 3.05) is 33.7 Å². The molecule has 8 heteroatoms. The number of carbonyl (C=O) groups excluding carboxylic acids is 1. The van der Waals surface area contributed by atoms with Crippen LogP contribution in [0.2, 0.25) is 0 Å². The summed E-state index contributed by atoms with van der Waals surface area (Å²) in [7, 11) is 3.70. The SMILES string of the molecule is CN1CCN(C)C(C(=O)c2cnc(C(F)(F)F)s2)C1. The molecule has 106 valence electrons. The first-order chi connectivity index (χ1) is 8.79. The molecule has 0 saturated carbocycles. The number of hydrogen-bond acceptors (Lipinski definition) is 5. The van der Waals surface area contributed by atoms with Gasteiger partial charge in [0.15, 0.2) is 10.8 Å². The monoisotopic (exact) mass is 293 g/mol. The Balaban J connectivity index is 2.17. The Bertz CT molecular complexity index is 474. The summed E-state index contributed by atoms with van der Waals surface area (Å²) in [4.78, 5) is 19.5. The van der Waals surface area contributed by atoms with Crippen LogP contribution in [0.5, 0.6) is 0 Å². The summed E-state index contributed by atoms with van der Waals surface area (Å²) < 4.78 is 37.4. The number of nitrogens with zero attached hydrogens (tertiary/aromatic N) is 3. The molecule has 1 aliphatic heterocycles. The lowest BCUT2D eigenvalue weighted by molar-refractivity contribution is -0.137. The second kappa shape index (κ2) is 5.18. The van der Waals surface area contributed by atoms with Gasteiger partial charge in [0.05, 0.1) is 10.9 Å². The molecule has 1 aromatic heterocycles. The molecule has 0 aliphatic carbocycles. The van der Waals surface area contributed by atoms with Crippen molar-refractivity contribution >= 4 is 17.1 Å². The van der Waals surface area contributed by atoms with Crippen LogP contribution in [-0.4, -0.2) is 60.3 Å². The highest BCUT2D eigenvalue weighted by Crippen LogP contribution is 2.33. The van der Waals surface area contributed by atoms with Gasteiger partial charge in [-0.25, -0.2) is 4.98 Å². The van der Waals surface area contributed by atoms with Gasteiger partial charge in [0.25, 0.3) is 0 Å². The zero-order chi connectivity index (χ0) is 14.2. The zero-order valence-corrected chi connectivity index (χ0v) is 11.4. The van der Waals surface area contributed by atoms with Crippen molar-refractivity contribution in [3.05, 3.63) is 16.1 Å². The number of piperazine rings is 1. The molecular formula is C11H14F3N3OS. The number of carbonyl (C=O) groups is 1. The molecule has 1 fully saturated rings. The molecule has 0 bridgehead atoms. The van der Waals surface area contributed by atoms with E-state index in [1.165, 1.54) is 0 Å². The largest absolute Gasteiger partial charge is 0.443 e. The Morgan fingerprint density at radius 3 is 2.68 bits per heavy atom. The first kappa shape index (κ1) is 14.4. The van der Waals surface area contributed by atoms with E-state index in [0.717, 1.165) is 19.3 Å². The minimum absolute atomic E-state index is 0.0690. The van der Waals surface area contributed by atoms with Gasteiger partial charge in [-0.1, -0.05) is 0 Å². The molecule has 0 spiro atoms. The maximum absolute atomic E-state index is 12.5. The lowest BCUT2D eigenvalue weighted by atomic mass is 10.1. The van der Waals surface area contributed by atoms with E-state index in [-0.39, 0.29) is 10.7 Å². The minimum atomic E-state index is -4.49. The van der Waals surface area contributed by atoms with E-state index >= 15 is 0 Å². The lowest BCUT2D eigenvalue weighted by Gasteiger charge is -2.36. The van der Waals surface area contributed by atoms with Crippen LogP contribution in [0.4, 0.5) is 13.2 Å². The van der Waals surface area contributed by atoms with Crippen LogP contribution in [0.3, 0.4) is 0 Å². The average molecular weight is 293 g/mol. The Labute approximate surface area is 112 Å². The summed E-state index contributed by atoms with van der Waals surface area (Å²) in [6.45, 7) is 2.09. The second-order valence-electron chi connectivity index (χ2n) is 4.65.